The molecule has 0 spiro atoms. The summed E-state index contributed by atoms with van der Waals surface area (Å²) >= 11 is 0. The SMILES string of the molecule is Cn1nc2c(c1NC(=O)COc1ccc(CC(N)=O)cc1)CCC2. The van der Waals surface area contributed by atoms with Crippen molar-refractivity contribution in [1.29, 1.82) is 0 Å². The number of nitrogens with two attached hydrogens (primary N) is 1. The van der Waals surface area contributed by atoms with E-state index >= 15 is 0 Å². The van der Waals surface area contributed by atoms with E-state index in [1.807, 2.05) is 7.05 Å². The number of aromatic nitrogens is 2. The number of hydrogen-bond donors (Lipinski definition) is 2. The first-order valence-electron chi connectivity index (χ1n) is 7.87. The van der Waals surface area contributed by atoms with Crippen LogP contribution < -0.4 is 15.8 Å². The van der Waals surface area contributed by atoms with Crippen molar-refractivity contribution in [2.24, 2.45) is 12.8 Å². The lowest BCUT2D eigenvalue weighted by atomic mass is 10.1. The van der Waals surface area contributed by atoms with Gasteiger partial charge in [-0.15, -0.1) is 0 Å². The van der Waals surface area contributed by atoms with Gasteiger partial charge >= 0.3 is 0 Å². The summed E-state index contributed by atoms with van der Waals surface area (Å²) in [5.74, 6) is 0.710. The average Bonchev–Trinajstić information content (AvgIpc) is 3.09. The number of aryl methyl sites for hydroxylation is 2. The van der Waals surface area contributed by atoms with E-state index in [1.165, 1.54) is 0 Å². The minimum Gasteiger partial charge on any atom is -0.484 e. The fourth-order valence-electron chi connectivity index (χ4n) is 2.90. The summed E-state index contributed by atoms with van der Waals surface area (Å²) in [5, 5.41) is 7.29. The third-order valence-electron chi connectivity index (χ3n) is 4.00. The summed E-state index contributed by atoms with van der Waals surface area (Å²) < 4.78 is 7.19. The van der Waals surface area contributed by atoms with Crippen LogP contribution in [0.15, 0.2) is 24.3 Å². The molecule has 126 valence electrons. The van der Waals surface area contributed by atoms with Crippen LogP contribution in [0.25, 0.3) is 0 Å². The van der Waals surface area contributed by atoms with Crippen LogP contribution in [-0.2, 0) is 35.9 Å². The predicted molar refractivity (Wildman–Crippen MR) is 88.7 cm³/mol. The summed E-state index contributed by atoms with van der Waals surface area (Å²) in [6, 6.07) is 6.94. The highest BCUT2D eigenvalue weighted by molar-refractivity contribution is 5.92. The molecule has 0 atom stereocenters. The summed E-state index contributed by atoms with van der Waals surface area (Å²) in [5.41, 5.74) is 8.15. The second-order valence-corrected chi connectivity index (χ2v) is 5.87. The molecule has 3 N–H and O–H groups in total. The number of carbonyl (C=O) groups excluding carboxylic acids is 2. The molecule has 0 unspecified atom stereocenters. The molecule has 24 heavy (non-hydrogen) atoms. The number of nitrogens with zero attached hydrogens (tertiary/aromatic N) is 2. The van der Waals surface area contributed by atoms with Crippen LogP contribution in [0.5, 0.6) is 5.75 Å². The molecule has 1 aliphatic rings. The van der Waals surface area contributed by atoms with Crippen LogP contribution in [0.2, 0.25) is 0 Å². The fraction of sp³-hybridized carbons (Fsp3) is 0.353. The molecule has 3 rings (SSSR count). The van der Waals surface area contributed by atoms with Crippen molar-refractivity contribution in [2.45, 2.75) is 25.7 Å². The Kier molecular flexibility index (Phi) is 4.50. The summed E-state index contributed by atoms with van der Waals surface area (Å²) in [6.07, 6.45) is 3.18. The van der Waals surface area contributed by atoms with Crippen molar-refractivity contribution in [3.05, 3.63) is 41.1 Å². The number of rotatable bonds is 6. The maximum Gasteiger partial charge on any atom is 0.263 e. The lowest BCUT2D eigenvalue weighted by molar-refractivity contribution is -0.118. The van der Waals surface area contributed by atoms with Crippen molar-refractivity contribution >= 4 is 17.6 Å². The number of primary amides is 1. The smallest absolute Gasteiger partial charge is 0.263 e. The lowest BCUT2D eigenvalue weighted by Gasteiger charge is -2.09. The van der Waals surface area contributed by atoms with Gasteiger partial charge in [-0.25, -0.2) is 0 Å². The number of carbonyl (C=O) groups is 2. The summed E-state index contributed by atoms with van der Waals surface area (Å²) in [6.45, 7) is -0.0882. The fourth-order valence-corrected chi connectivity index (χ4v) is 2.90. The van der Waals surface area contributed by atoms with Gasteiger partial charge in [0.2, 0.25) is 5.91 Å². The zero-order valence-electron chi connectivity index (χ0n) is 13.5. The van der Waals surface area contributed by atoms with Gasteiger partial charge in [0, 0.05) is 12.6 Å². The van der Waals surface area contributed by atoms with E-state index in [4.69, 9.17) is 10.5 Å². The van der Waals surface area contributed by atoms with Crippen molar-refractivity contribution in [1.82, 2.24) is 9.78 Å². The van der Waals surface area contributed by atoms with E-state index in [0.29, 0.717) is 5.75 Å². The van der Waals surface area contributed by atoms with Crippen LogP contribution in [0.4, 0.5) is 5.82 Å². The van der Waals surface area contributed by atoms with E-state index < -0.39 is 0 Å². The van der Waals surface area contributed by atoms with Crippen molar-refractivity contribution in [3.8, 4) is 5.75 Å². The molecule has 1 aromatic carbocycles. The average molecular weight is 328 g/mol. The van der Waals surface area contributed by atoms with E-state index in [9.17, 15) is 9.59 Å². The molecule has 0 fully saturated rings. The predicted octanol–water partition coefficient (Wildman–Crippen LogP) is 0.954. The Hall–Kier alpha value is -2.83. The quantitative estimate of drug-likeness (QED) is 0.825. The molecule has 2 amide bonds. The van der Waals surface area contributed by atoms with Crippen LogP contribution in [-0.4, -0.2) is 28.2 Å². The first-order chi connectivity index (χ1) is 11.5. The topological polar surface area (TPSA) is 99.2 Å². The Morgan fingerprint density at radius 3 is 2.75 bits per heavy atom. The molecule has 2 aromatic rings. The number of nitrogens with one attached hydrogen (secondary N) is 1. The number of anilines is 1. The Balaban J connectivity index is 1.55. The van der Waals surface area contributed by atoms with Crippen molar-refractivity contribution in [3.63, 3.8) is 0 Å². The van der Waals surface area contributed by atoms with Crippen LogP contribution in [0, 0.1) is 0 Å². The van der Waals surface area contributed by atoms with Gasteiger partial charge < -0.3 is 15.8 Å². The highest BCUT2D eigenvalue weighted by Crippen LogP contribution is 2.27. The maximum absolute atomic E-state index is 12.1. The second kappa shape index (κ2) is 6.74. The molecule has 7 heteroatoms. The standard InChI is InChI=1S/C17H20N4O3/c1-21-17(13-3-2-4-14(13)20-21)19-16(23)10-24-12-7-5-11(6-8-12)9-15(18)22/h5-8H,2-4,9-10H2,1H3,(H2,18,22)(H,19,23). The highest BCUT2D eigenvalue weighted by Gasteiger charge is 2.22. The first kappa shape index (κ1) is 16.0. The van der Waals surface area contributed by atoms with Crippen LogP contribution in [0.3, 0.4) is 0 Å². The first-order valence-corrected chi connectivity index (χ1v) is 7.87. The Labute approximate surface area is 139 Å². The molecule has 7 nitrogen and oxygen atoms in total. The third-order valence-corrected chi connectivity index (χ3v) is 4.00. The van der Waals surface area contributed by atoms with E-state index in [1.54, 1.807) is 28.9 Å². The molecule has 0 saturated heterocycles. The monoisotopic (exact) mass is 328 g/mol. The zero-order chi connectivity index (χ0) is 17.1. The van der Waals surface area contributed by atoms with Gasteiger partial charge in [0.1, 0.15) is 11.6 Å². The molecule has 0 saturated carbocycles. The number of benzene rings is 1. The minimum absolute atomic E-state index is 0.0882. The number of amides is 2. The summed E-state index contributed by atoms with van der Waals surface area (Å²) in [7, 11) is 1.83. The Morgan fingerprint density at radius 1 is 1.29 bits per heavy atom. The molecular weight excluding hydrogens is 308 g/mol. The van der Waals surface area contributed by atoms with Gasteiger partial charge in [0.15, 0.2) is 6.61 Å². The lowest BCUT2D eigenvalue weighted by Crippen LogP contribution is -2.22. The van der Waals surface area contributed by atoms with E-state index in [0.717, 1.165) is 41.9 Å². The summed E-state index contributed by atoms with van der Waals surface area (Å²) in [4.78, 5) is 23.0. The molecule has 0 bridgehead atoms. The molecule has 1 aromatic heterocycles. The number of ether oxygens (including phenoxy) is 1. The van der Waals surface area contributed by atoms with Gasteiger partial charge in [0.25, 0.3) is 5.91 Å². The number of fused-ring (bicyclic) bond motifs is 1. The Bertz CT molecular complexity index is 765. The van der Waals surface area contributed by atoms with Gasteiger partial charge in [-0.3, -0.25) is 14.3 Å². The minimum atomic E-state index is -0.383. The molecule has 1 heterocycles. The van der Waals surface area contributed by atoms with Gasteiger partial charge in [0.05, 0.1) is 12.1 Å². The van der Waals surface area contributed by atoms with Gasteiger partial charge in [-0.1, -0.05) is 12.1 Å². The normalized spacial score (nSPS) is 12.7. The largest absolute Gasteiger partial charge is 0.484 e. The van der Waals surface area contributed by atoms with Gasteiger partial charge in [-0.05, 0) is 37.0 Å². The molecular formula is C17H20N4O3. The van der Waals surface area contributed by atoms with Crippen LogP contribution in [0.1, 0.15) is 23.2 Å². The molecule has 1 aliphatic carbocycles. The van der Waals surface area contributed by atoms with Crippen molar-refractivity contribution in [2.75, 3.05) is 11.9 Å². The molecule has 0 aliphatic heterocycles. The third kappa shape index (κ3) is 3.56. The molecule has 0 radical (unpaired) electrons. The van der Waals surface area contributed by atoms with E-state index in [-0.39, 0.29) is 24.8 Å². The van der Waals surface area contributed by atoms with Gasteiger partial charge in [-0.2, -0.15) is 5.10 Å². The van der Waals surface area contributed by atoms with Crippen molar-refractivity contribution < 1.29 is 14.3 Å². The van der Waals surface area contributed by atoms with Crippen LogP contribution >= 0.6 is 0 Å². The Morgan fingerprint density at radius 2 is 2.04 bits per heavy atom. The highest BCUT2D eigenvalue weighted by atomic mass is 16.5. The number of hydrogen-bond acceptors (Lipinski definition) is 4. The van der Waals surface area contributed by atoms with E-state index in [2.05, 4.69) is 10.4 Å². The zero-order valence-corrected chi connectivity index (χ0v) is 13.5. The maximum atomic E-state index is 12.1. The second-order valence-electron chi connectivity index (χ2n) is 5.87.